The molecule has 1 aromatic carbocycles. The van der Waals surface area contributed by atoms with Gasteiger partial charge in [0.2, 0.25) is 0 Å². The fourth-order valence-corrected chi connectivity index (χ4v) is 2.51. The minimum atomic E-state index is -0.0429. The van der Waals surface area contributed by atoms with E-state index in [-0.39, 0.29) is 12.0 Å². The van der Waals surface area contributed by atoms with Crippen LogP contribution in [0.3, 0.4) is 0 Å². The average Bonchev–Trinajstić information content (AvgIpc) is 2.50. The number of hydrogen-bond acceptors (Lipinski definition) is 4. The van der Waals surface area contributed by atoms with Crippen molar-refractivity contribution >= 4 is 0 Å². The third-order valence-electron chi connectivity index (χ3n) is 3.93. The number of aliphatic hydroxyl groups excluding tert-OH is 1. The van der Waals surface area contributed by atoms with E-state index >= 15 is 0 Å². The topological polar surface area (TPSA) is 47.9 Å². The maximum atomic E-state index is 9.64. The van der Waals surface area contributed by atoms with Crippen LogP contribution in [0.4, 0.5) is 0 Å². The van der Waals surface area contributed by atoms with Crippen LogP contribution in [0.25, 0.3) is 0 Å². The monoisotopic (exact) mass is 280 g/mol. The maximum Gasteiger partial charge on any atom is 0.161 e. The molecule has 0 unspecified atom stereocenters. The lowest BCUT2D eigenvalue weighted by molar-refractivity contribution is -0.0265. The first-order chi connectivity index (χ1) is 9.79. The predicted octanol–water partition coefficient (Wildman–Crippen LogP) is 2.64. The summed E-state index contributed by atoms with van der Waals surface area (Å²) in [5, 5.41) is 9.64. The van der Waals surface area contributed by atoms with E-state index < -0.39 is 0 Å². The summed E-state index contributed by atoms with van der Waals surface area (Å²) in [5.41, 5.74) is -0.0429. The molecule has 0 amide bonds. The molecule has 0 aliphatic carbocycles. The number of para-hydroxylation sites is 2. The third-order valence-corrected chi connectivity index (χ3v) is 3.93. The Labute approximate surface area is 120 Å². The van der Waals surface area contributed by atoms with Crippen molar-refractivity contribution in [1.82, 2.24) is 0 Å². The SMILES string of the molecule is CCOc1ccccc1OCCC1(CO)CCOCC1. The molecule has 4 nitrogen and oxygen atoms in total. The Bertz CT molecular complexity index is 399. The van der Waals surface area contributed by atoms with Crippen molar-refractivity contribution < 1.29 is 19.3 Å². The Hall–Kier alpha value is -1.26. The molecule has 0 bridgehead atoms. The second-order valence-corrected chi connectivity index (χ2v) is 5.25. The Morgan fingerprint density at radius 3 is 2.40 bits per heavy atom. The molecule has 112 valence electrons. The quantitative estimate of drug-likeness (QED) is 0.834. The fraction of sp³-hybridized carbons (Fsp3) is 0.625. The van der Waals surface area contributed by atoms with E-state index in [2.05, 4.69) is 0 Å². The Morgan fingerprint density at radius 1 is 1.15 bits per heavy atom. The van der Waals surface area contributed by atoms with Crippen molar-refractivity contribution in [2.24, 2.45) is 5.41 Å². The molecule has 0 atom stereocenters. The number of rotatable bonds is 7. The molecular weight excluding hydrogens is 256 g/mol. The maximum absolute atomic E-state index is 9.64. The zero-order valence-electron chi connectivity index (χ0n) is 12.1. The van der Waals surface area contributed by atoms with Gasteiger partial charge in [0.05, 0.1) is 13.2 Å². The lowest BCUT2D eigenvalue weighted by Gasteiger charge is -2.35. The van der Waals surface area contributed by atoms with E-state index in [0.29, 0.717) is 13.2 Å². The molecule has 2 rings (SSSR count). The van der Waals surface area contributed by atoms with Crippen LogP contribution in [0.15, 0.2) is 24.3 Å². The molecule has 1 heterocycles. The van der Waals surface area contributed by atoms with E-state index in [4.69, 9.17) is 14.2 Å². The van der Waals surface area contributed by atoms with Crippen LogP contribution in [0.1, 0.15) is 26.2 Å². The molecule has 1 aliphatic heterocycles. The second-order valence-electron chi connectivity index (χ2n) is 5.25. The van der Waals surface area contributed by atoms with Gasteiger partial charge in [0.15, 0.2) is 11.5 Å². The molecule has 1 aliphatic rings. The number of benzene rings is 1. The number of ether oxygens (including phenoxy) is 3. The van der Waals surface area contributed by atoms with E-state index in [9.17, 15) is 5.11 Å². The van der Waals surface area contributed by atoms with Gasteiger partial charge in [-0.2, -0.15) is 0 Å². The molecule has 1 aromatic rings. The minimum absolute atomic E-state index is 0.0429. The molecule has 1 N–H and O–H groups in total. The standard InChI is InChI=1S/C16H24O4/c1-2-19-14-5-3-4-6-15(14)20-12-9-16(13-17)7-10-18-11-8-16/h3-6,17H,2,7-13H2,1H3. The summed E-state index contributed by atoms with van der Waals surface area (Å²) in [4.78, 5) is 0. The largest absolute Gasteiger partial charge is 0.490 e. The van der Waals surface area contributed by atoms with Crippen molar-refractivity contribution in [2.45, 2.75) is 26.2 Å². The van der Waals surface area contributed by atoms with Crippen LogP contribution in [-0.2, 0) is 4.74 Å². The van der Waals surface area contributed by atoms with Gasteiger partial charge < -0.3 is 19.3 Å². The highest BCUT2D eigenvalue weighted by molar-refractivity contribution is 5.39. The first kappa shape index (κ1) is 15.1. The van der Waals surface area contributed by atoms with Gasteiger partial charge in [-0.1, -0.05) is 12.1 Å². The van der Waals surface area contributed by atoms with E-state index in [1.165, 1.54) is 0 Å². The lowest BCUT2D eigenvalue weighted by Crippen LogP contribution is -2.34. The first-order valence-electron chi connectivity index (χ1n) is 7.33. The summed E-state index contributed by atoms with van der Waals surface area (Å²) in [5.74, 6) is 1.55. The molecular formula is C16H24O4. The van der Waals surface area contributed by atoms with Crippen molar-refractivity contribution in [2.75, 3.05) is 33.0 Å². The average molecular weight is 280 g/mol. The minimum Gasteiger partial charge on any atom is -0.490 e. The second kappa shape index (κ2) is 7.50. The Morgan fingerprint density at radius 2 is 1.80 bits per heavy atom. The summed E-state index contributed by atoms with van der Waals surface area (Å²) in [6, 6.07) is 7.70. The Kier molecular flexibility index (Phi) is 5.68. The molecule has 0 saturated carbocycles. The smallest absolute Gasteiger partial charge is 0.161 e. The van der Waals surface area contributed by atoms with Crippen molar-refractivity contribution in [1.29, 1.82) is 0 Å². The predicted molar refractivity (Wildman–Crippen MR) is 77.3 cm³/mol. The summed E-state index contributed by atoms with van der Waals surface area (Å²) in [6.07, 6.45) is 2.65. The van der Waals surface area contributed by atoms with Gasteiger partial charge >= 0.3 is 0 Å². The Balaban J connectivity index is 1.88. The molecule has 0 radical (unpaired) electrons. The third kappa shape index (κ3) is 3.87. The van der Waals surface area contributed by atoms with Crippen molar-refractivity contribution in [3.05, 3.63) is 24.3 Å². The molecule has 0 spiro atoms. The van der Waals surface area contributed by atoms with Gasteiger partial charge in [-0.15, -0.1) is 0 Å². The summed E-state index contributed by atoms with van der Waals surface area (Å²) in [7, 11) is 0. The van der Waals surface area contributed by atoms with Gasteiger partial charge in [0, 0.05) is 25.2 Å². The van der Waals surface area contributed by atoms with Crippen molar-refractivity contribution in [3.8, 4) is 11.5 Å². The highest BCUT2D eigenvalue weighted by Crippen LogP contribution is 2.34. The van der Waals surface area contributed by atoms with Crippen LogP contribution in [-0.4, -0.2) is 38.1 Å². The molecule has 1 saturated heterocycles. The van der Waals surface area contributed by atoms with Gasteiger partial charge in [-0.25, -0.2) is 0 Å². The lowest BCUT2D eigenvalue weighted by atomic mass is 9.78. The zero-order chi connectivity index (χ0) is 14.3. The molecule has 1 fully saturated rings. The zero-order valence-corrected chi connectivity index (χ0v) is 12.1. The summed E-state index contributed by atoms with van der Waals surface area (Å²) < 4.78 is 16.7. The fourth-order valence-electron chi connectivity index (χ4n) is 2.51. The van der Waals surface area contributed by atoms with Gasteiger partial charge in [-0.3, -0.25) is 0 Å². The van der Waals surface area contributed by atoms with Gasteiger partial charge in [-0.05, 0) is 38.3 Å². The van der Waals surface area contributed by atoms with Crippen LogP contribution in [0.5, 0.6) is 11.5 Å². The molecule has 4 heteroatoms. The number of hydrogen-bond donors (Lipinski definition) is 1. The van der Waals surface area contributed by atoms with Gasteiger partial charge in [0.1, 0.15) is 0 Å². The first-order valence-corrected chi connectivity index (χ1v) is 7.33. The van der Waals surface area contributed by atoms with Crippen LogP contribution in [0, 0.1) is 5.41 Å². The van der Waals surface area contributed by atoms with E-state index in [0.717, 1.165) is 44.0 Å². The van der Waals surface area contributed by atoms with Crippen molar-refractivity contribution in [3.63, 3.8) is 0 Å². The summed E-state index contributed by atoms with van der Waals surface area (Å²) in [6.45, 7) is 4.83. The van der Waals surface area contributed by atoms with Crippen LogP contribution in [0.2, 0.25) is 0 Å². The molecule has 20 heavy (non-hydrogen) atoms. The van der Waals surface area contributed by atoms with E-state index in [1.54, 1.807) is 0 Å². The molecule has 0 aromatic heterocycles. The highest BCUT2D eigenvalue weighted by atomic mass is 16.5. The normalized spacial score (nSPS) is 17.7. The van der Waals surface area contributed by atoms with Crippen LogP contribution < -0.4 is 9.47 Å². The van der Waals surface area contributed by atoms with E-state index in [1.807, 2.05) is 31.2 Å². The highest BCUT2D eigenvalue weighted by Gasteiger charge is 2.31. The van der Waals surface area contributed by atoms with Gasteiger partial charge in [0.25, 0.3) is 0 Å². The summed E-state index contributed by atoms with van der Waals surface area (Å²) >= 11 is 0. The van der Waals surface area contributed by atoms with Crippen LogP contribution >= 0.6 is 0 Å². The number of aliphatic hydroxyl groups is 1.